The number of halogens is 12. The van der Waals surface area contributed by atoms with Crippen LogP contribution in [0.15, 0.2) is 241 Å². The Morgan fingerprint density at radius 2 is 0.319 bits per heavy atom. The minimum atomic E-state index is -5.77. The molecule has 0 saturated heterocycles. The van der Waals surface area contributed by atoms with Crippen molar-refractivity contribution in [3.8, 4) is 44.5 Å². The summed E-state index contributed by atoms with van der Waals surface area (Å²) in [5.74, 6) is 0. The van der Waals surface area contributed by atoms with E-state index in [4.69, 9.17) is 0 Å². The van der Waals surface area contributed by atoms with Crippen LogP contribution in [0.3, 0.4) is 0 Å². The van der Waals surface area contributed by atoms with Crippen molar-refractivity contribution in [1.29, 1.82) is 0 Å². The van der Waals surface area contributed by atoms with Gasteiger partial charge in [-0.2, -0.15) is 52.7 Å². The number of alkyl halides is 12. The molecule has 0 amide bonds. The minimum absolute atomic E-state index is 0.342. The Morgan fingerprint density at radius 3 is 0.458 bits per heavy atom. The molecule has 1 fully saturated rings. The monoisotopic (exact) mass is 984 g/mol. The van der Waals surface area contributed by atoms with Gasteiger partial charge in [0.15, 0.2) is 0 Å². The second-order valence-electron chi connectivity index (χ2n) is 16.8. The van der Waals surface area contributed by atoms with Crippen LogP contribution in [-0.4, -0.2) is 24.7 Å². The molecule has 0 spiro atoms. The van der Waals surface area contributed by atoms with Crippen LogP contribution < -0.4 is 0 Å². The Balaban J connectivity index is 1.46. The maximum atomic E-state index is 16.2. The molecule has 0 atom stereocenters. The highest BCUT2D eigenvalue weighted by molar-refractivity contribution is 6.09. The summed E-state index contributed by atoms with van der Waals surface area (Å²) in [6, 6.07) is 49.6. The Kier molecular flexibility index (Phi) is 13.1. The molecule has 8 aromatic rings. The first-order valence-electron chi connectivity index (χ1n) is 22.2. The summed E-state index contributed by atoms with van der Waals surface area (Å²) in [5, 5.41) is 0. The van der Waals surface area contributed by atoms with Gasteiger partial charge in [0.25, 0.3) is 0 Å². The molecule has 0 unspecified atom stereocenters. The van der Waals surface area contributed by atoms with Gasteiger partial charge in [0, 0.05) is 22.3 Å². The molecular formula is C60H36F12. The van der Waals surface area contributed by atoms with Gasteiger partial charge in [0.1, 0.15) is 0 Å². The molecule has 1 aliphatic rings. The molecule has 0 N–H and O–H groups in total. The number of hydrogen-bond donors (Lipinski definition) is 0. The van der Waals surface area contributed by atoms with Crippen molar-refractivity contribution in [2.45, 2.75) is 24.7 Å². The molecule has 360 valence electrons. The molecule has 0 aliphatic heterocycles. The normalized spacial score (nSPS) is 13.2. The zero-order valence-electron chi connectivity index (χ0n) is 37.3. The number of allylic oxidation sites excluding steroid dienone is 8. The van der Waals surface area contributed by atoms with Gasteiger partial charge in [0.05, 0.1) is 22.3 Å². The van der Waals surface area contributed by atoms with Gasteiger partial charge >= 0.3 is 24.7 Å². The summed E-state index contributed by atoms with van der Waals surface area (Å²) in [4.78, 5) is 0. The summed E-state index contributed by atoms with van der Waals surface area (Å²) in [7, 11) is 0. The molecule has 0 bridgehead atoms. The first-order valence-corrected chi connectivity index (χ1v) is 22.2. The molecule has 1 aliphatic carbocycles. The lowest BCUT2D eigenvalue weighted by Crippen LogP contribution is -2.32. The van der Waals surface area contributed by atoms with E-state index in [0.29, 0.717) is 44.5 Å². The highest BCUT2D eigenvalue weighted by Gasteiger charge is 2.56. The Hall–Kier alpha value is -8.12. The fraction of sp³-hybridized carbons (Fsp3) is 0.0667. The van der Waals surface area contributed by atoms with Gasteiger partial charge in [-0.25, -0.2) is 0 Å². The Bertz CT molecular complexity index is 2860. The maximum absolute atomic E-state index is 16.2. The van der Waals surface area contributed by atoms with E-state index < -0.39 is 91.5 Å². The predicted octanol–water partition coefficient (Wildman–Crippen LogP) is 18.7. The molecule has 1 saturated carbocycles. The average Bonchev–Trinajstić information content (AvgIpc) is 3.36. The quantitative estimate of drug-likeness (QED) is 0.133. The average molecular weight is 985 g/mol. The molecule has 0 aromatic heterocycles. The third kappa shape index (κ3) is 9.94. The van der Waals surface area contributed by atoms with Crippen molar-refractivity contribution in [1.82, 2.24) is 0 Å². The highest BCUT2D eigenvalue weighted by Crippen LogP contribution is 2.63. The van der Waals surface area contributed by atoms with E-state index in [-0.39, 0.29) is 0 Å². The first-order chi connectivity index (χ1) is 34.3. The summed E-state index contributed by atoms with van der Waals surface area (Å²) < 4.78 is 195. The van der Waals surface area contributed by atoms with E-state index in [1.807, 2.05) is 0 Å². The molecule has 0 nitrogen and oxygen atoms in total. The second kappa shape index (κ2) is 19.2. The van der Waals surface area contributed by atoms with Crippen molar-refractivity contribution in [3.63, 3.8) is 0 Å². The lowest BCUT2D eigenvalue weighted by molar-refractivity contribution is -0.0732. The van der Waals surface area contributed by atoms with Crippen LogP contribution in [0.2, 0.25) is 0 Å². The SMILES string of the molecule is FC(F)(F)C(=C1C(=C(c2ccc(-c3ccccc3)cc2)C(F)(F)F)C(=C(c2ccc(-c3ccccc3)cc2)C(F)(F)F)C1=C(c1ccc(-c2ccccc2)cc1)C(F)(F)F)c1ccc(-c2ccccc2)cc1. The van der Waals surface area contributed by atoms with E-state index in [9.17, 15) is 0 Å². The lowest BCUT2D eigenvalue weighted by Gasteiger charge is -2.40. The van der Waals surface area contributed by atoms with Crippen LogP contribution in [0.4, 0.5) is 52.7 Å². The summed E-state index contributed by atoms with van der Waals surface area (Å²) in [6.07, 6.45) is -23.1. The zero-order valence-corrected chi connectivity index (χ0v) is 37.3. The number of hydrogen-bond acceptors (Lipinski definition) is 0. The number of benzene rings is 8. The van der Waals surface area contributed by atoms with Gasteiger partial charge in [-0.3, -0.25) is 0 Å². The standard InChI is InChI=1S/C60H36F12/c61-57(62,63)53(45-29-21-41(22-30-45)37-13-5-1-6-14-37)49-50(54(58(64,65)66)46-31-23-42(24-32-46)38-15-7-2-8-16-38)52(56(60(70,71)72)48-35-27-44(28-36-48)40-19-11-4-12-20-40)51(49)55(59(67,68)69)47-33-25-43(26-34-47)39-17-9-3-10-18-39/h1-36H. The van der Waals surface area contributed by atoms with Crippen molar-refractivity contribution in [2.24, 2.45) is 0 Å². The van der Waals surface area contributed by atoms with Crippen molar-refractivity contribution >= 4 is 22.3 Å². The van der Waals surface area contributed by atoms with Crippen LogP contribution in [-0.2, 0) is 0 Å². The Labute approximate surface area is 405 Å². The minimum Gasteiger partial charge on any atom is -0.166 e. The summed E-state index contributed by atoms with van der Waals surface area (Å²) in [6.45, 7) is 0. The Morgan fingerprint density at radius 1 is 0.181 bits per heavy atom. The number of rotatable bonds is 8. The predicted molar refractivity (Wildman–Crippen MR) is 259 cm³/mol. The summed E-state index contributed by atoms with van der Waals surface area (Å²) in [5.41, 5.74) is -15.1. The van der Waals surface area contributed by atoms with E-state index >= 15 is 52.7 Å². The van der Waals surface area contributed by atoms with Crippen LogP contribution >= 0.6 is 0 Å². The maximum Gasteiger partial charge on any atom is 0.417 e. The van der Waals surface area contributed by atoms with E-state index in [1.165, 1.54) is 48.5 Å². The van der Waals surface area contributed by atoms with Gasteiger partial charge < -0.3 is 0 Å². The van der Waals surface area contributed by atoms with Crippen molar-refractivity contribution < 1.29 is 52.7 Å². The highest BCUT2D eigenvalue weighted by atomic mass is 19.4. The van der Waals surface area contributed by atoms with E-state index in [0.717, 1.165) is 48.5 Å². The second-order valence-corrected chi connectivity index (χ2v) is 16.8. The molecular weight excluding hydrogens is 949 g/mol. The van der Waals surface area contributed by atoms with Gasteiger partial charge in [0.2, 0.25) is 0 Å². The molecule has 0 radical (unpaired) electrons. The van der Waals surface area contributed by atoms with Gasteiger partial charge in [-0.1, -0.05) is 218 Å². The van der Waals surface area contributed by atoms with Gasteiger partial charge in [-0.15, -0.1) is 0 Å². The smallest absolute Gasteiger partial charge is 0.166 e. The fourth-order valence-corrected chi connectivity index (χ4v) is 9.08. The fourth-order valence-electron chi connectivity index (χ4n) is 9.08. The molecule has 72 heavy (non-hydrogen) atoms. The molecule has 0 heterocycles. The summed E-state index contributed by atoms with van der Waals surface area (Å²) >= 11 is 0. The van der Waals surface area contributed by atoms with Crippen molar-refractivity contribution in [3.05, 3.63) is 263 Å². The van der Waals surface area contributed by atoms with Crippen LogP contribution in [0.1, 0.15) is 22.3 Å². The van der Waals surface area contributed by atoms with Crippen LogP contribution in [0.25, 0.3) is 66.8 Å². The molecule has 12 heteroatoms. The third-order valence-electron chi connectivity index (χ3n) is 12.3. The lowest BCUT2D eigenvalue weighted by atomic mass is 9.63. The van der Waals surface area contributed by atoms with E-state index in [2.05, 4.69) is 0 Å². The van der Waals surface area contributed by atoms with Crippen LogP contribution in [0, 0.1) is 0 Å². The zero-order chi connectivity index (χ0) is 51.0. The largest absolute Gasteiger partial charge is 0.417 e. The van der Waals surface area contributed by atoms with Crippen molar-refractivity contribution in [2.75, 3.05) is 0 Å². The molecule has 9 rings (SSSR count). The molecule has 8 aromatic carbocycles. The topological polar surface area (TPSA) is 0 Å². The van der Waals surface area contributed by atoms with E-state index in [1.54, 1.807) is 121 Å². The third-order valence-corrected chi connectivity index (χ3v) is 12.3. The van der Waals surface area contributed by atoms with Crippen LogP contribution in [0.5, 0.6) is 0 Å². The first kappa shape index (κ1) is 48.9. The van der Waals surface area contributed by atoms with Gasteiger partial charge in [-0.05, 0) is 66.8 Å².